The molecule has 0 spiro atoms. The number of benzene rings is 2. The van der Waals surface area contributed by atoms with E-state index in [0.29, 0.717) is 0 Å². The Morgan fingerprint density at radius 2 is 1.29 bits per heavy atom. The number of rotatable bonds is 5. The fraction of sp³-hybridized carbons (Fsp3) is 0.400. The van der Waals surface area contributed by atoms with Crippen molar-refractivity contribution in [3.8, 4) is 0 Å². The Kier molecular flexibility index (Phi) is 5.09. The van der Waals surface area contributed by atoms with Crippen LogP contribution >= 0.6 is 7.92 Å². The van der Waals surface area contributed by atoms with Crippen LogP contribution in [0, 0.1) is 0 Å². The molecule has 2 aromatic carbocycles. The van der Waals surface area contributed by atoms with Gasteiger partial charge in [-0.15, -0.1) is 0 Å². The van der Waals surface area contributed by atoms with Crippen molar-refractivity contribution in [3.63, 3.8) is 0 Å². The van der Waals surface area contributed by atoms with Crippen LogP contribution in [0.15, 0.2) is 60.7 Å². The highest BCUT2D eigenvalue weighted by molar-refractivity contribution is 7.58. The molecule has 1 fully saturated rings. The van der Waals surface area contributed by atoms with Crippen LogP contribution in [-0.2, 0) is 0 Å². The second-order valence-electron chi connectivity index (χ2n) is 6.02. The number of unbranched alkanes of at least 4 members (excludes halogenated alkanes) is 1. The first-order valence-electron chi connectivity index (χ1n) is 8.25. The molecule has 1 heterocycles. The van der Waals surface area contributed by atoms with Gasteiger partial charge in [-0.3, -0.25) is 0 Å². The van der Waals surface area contributed by atoms with E-state index in [4.69, 9.17) is 0 Å². The van der Waals surface area contributed by atoms with Crippen molar-refractivity contribution in [2.75, 3.05) is 6.16 Å². The normalized spacial score (nSPS) is 22.5. The molecule has 0 amide bonds. The smallest absolute Gasteiger partial charge is 0.00476 e. The van der Waals surface area contributed by atoms with E-state index in [9.17, 15) is 0 Å². The summed E-state index contributed by atoms with van der Waals surface area (Å²) in [7, 11) is 0.0696. The van der Waals surface area contributed by atoms with Crippen molar-refractivity contribution in [1.29, 1.82) is 0 Å². The van der Waals surface area contributed by atoms with Gasteiger partial charge in [0.2, 0.25) is 0 Å². The van der Waals surface area contributed by atoms with Gasteiger partial charge in [-0.25, -0.2) is 0 Å². The Labute approximate surface area is 130 Å². The van der Waals surface area contributed by atoms with Crippen LogP contribution in [0.2, 0.25) is 0 Å². The van der Waals surface area contributed by atoms with Crippen molar-refractivity contribution in [1.82, 2.24) is 0 Å². The highest BCUT2D eigenvalue weighted by Crippen LogP contribution is 2.70. The molecule has 0 bridgehead atoms. The average molecular weight is 296 g/mol. The van der Waals surface area contributed by atoms with Crippen LogP contribution in [0.5, 0.6) is 0 Å². The van der Waals surface area contributed by atoms with E-state index in [1.54, 1.807) is 11.1 Å². The molecule has 2 aromatic rings. The van der Waals surface area contributed by atoms with Gasteiger partial charge in [0.1, 0.15) is 0 Å². The molecular weight excluding hydrogens is 271 g/mol. The zero-order valence-corrected chi connectivity index (χ0v) is 13.8. The third-order valence-corrected chi connectivity index (χ3v) is 8.20. The molecule has 110 valence electrons. The minimum absolute atomic E-state index is 0.0696. The SMILES string of the molecule is CCCCP1[C@H](c2ccccc2)CC[C@H]1c1ccccc1. The predicted molar refractivity (Wildman–Crippen MR) is 94.3 cm³/mol. The molecule has 0 nitrogen and oxygen atoms in total. The summed E-state index contributed by atoms with van der Waals surface area (Å²) in [6.07, 6.45) is 6.89. The Morgan fingerprint density at radius 3 is 1.71 bits per heavy atom. The molecule has 0 unspecified atom stereocenters. The lowest BCUT2D eigenvalue weighted by Gasteiger charge is -2.26. The molecule has 1 heteroatoms. The molecular formula is C20H25P. The van der Waals surface area contributed by atoms with E-state index in [1.165, 1.54) is 31.8 Å². The van der Waals surface area contributed by atoms with Crippen LogP contribution < -0.4 is 0 Å². The monoisotopic (exact) mass is 296 g/mol. The van der Waals surface area contributed by atoms with Crippen LogP contribution in [0.1, 0.15) is 55.1 Å². The summed E-state index contributed by atoms with van der Waals surface area (Å²) < 4.78 is 0. The Hall–Kier alpha value is -1.13. The number of hydrogen-bond donors (Lipinski definition) is 0. The quantitative estimate of drug-likeness (QED) is 0.549. The van der Waals surface area contributed by atoms with Gasteiger partial charge in [-0.2, -0.15) is 0 Å². The van der Waals surface area contributed by atoms with Crippen molar-refractivity contribution in [2.24, 2.45) is 0 Å². The molecule has 0 N–H and O–H groups in total. The van der Waals surface area contributed by atoms with Crippen molar-refractivity contribution < 1.29 is 0 Å². The lowest BCUT2D eigenvalue weighted by atomic mass is 10.0. The summed E-state index contributed by atoms with van der Waals surface area (Å²) in [6, 6.07) is 22.5. The van der Waals surface area contributed by atoms with Gasteiger partial charge in [-0.05, 0) is 36.6 Å². The highest BCUT2D eigenvalue weighted by Gasteiger charge is 2.36. The maximum absolute atomic E-state index is 2.35. The first-order chi connectivity index (χ1) is 10.4. The summed E-state index contributed by atoms with van der Waals surface area (Å²) in [5.74, 6) is 0. The molecule has 1 saturated heterocycles. The minimum atomic E-state index is 0.0696. The summed E-state index contributed by atoms with van der Waals surface area (Å²) in [5, 5.41) is 0. The molecule has 0 aromatic heterocycles. The maximum atomic E-state index is 2.35. The summed E-state index contributed by atoms with van der Waals surface area (Å²) in [4.78, 5) is 0. The molecule has 2 atom stereocenters. The fourth-order valence-electron chi connectivity index (χ4n) is 3.58. The van der Waals surface area contributed by atoms with Crippen LogP contribution in [-0.4, -0.2) is 6.16 Å². The van der Waals surface area contributed by atoms with Crippen molar-refractivity contribution >= 4 is 7.92 Å². The molecule has 21 heavy (non-hydrogen) atoms. The lowest BCUT2D eigenvalue weighted by Crippen LogP contribution is -1.98. The maximum Gasteiger partial charge on any atom is 0.00476 e. The van der Waals surface area contributed by atoms with Gasteiger partial charge in [0.15, 0.2) is 0 Å². The highest BCUT2D eigenvalue weighted by atomic mass is 31.1. The number of hydrogen-bond acceptors (Lipinski definition) is 0. The van der Waals surface area contributed by atoms with E-state index < -0.39 is 0 Å². The van der Waals surface area contributed by atoms with E-state index >= 15 is 0 Å². The minimum Gasteiger partial charge on any atom is -0.0913 e. The van der Waals surface area contributed by atoms with Gasteiger partial charge >= 0.3 is 0 Å². The Balaban J connectivity index is 1.85. The Morgan fingerprint density at radius 1 is 0.810 bits per heavy atom. The average Bonchev–Trinajstić information content (AvgIpc) is 2.98. The van der Waals surface area contributed by atoms with Crippen LogP contribution in [0.4, 0.5) is 0 Å². The molecule has 0 saturated carbocycles. The summed E-state index contributed by atoms with van der Waals surface area (Å²) in [5.41, 5.74) is 4.80. The van der Waals surface area contributed by atoms with Crippen LogP contribution in [0.3, 0.4) is 0 Å². The first kappa shape index (κ1) is 14.8. The standard InChI is InChI=1S/C20H25P/c1-2-3-16-21-19(17-10-6-4-7-11-17)14-15-20(21)18-12-8-5-9-13-18/h4-13,19-20H,2-3,14-16H2,1H3/t19-,20-/m0/s1. The molecule has 0 aliphatic carbocycles. The van der Waals surface area contributed by atoms with Gasteiger partial charge < -0.3 is 0 Å². The van der Waals surface area contributed by atoms with E-state index in [1.807, 2.05) is 0 Å². The topological polar surface area (TPSA) is 0 Å². The van der Waals surface area contributed by atoms with E-state index in [2.05, 4.69) is 67.6 Å². The molecule has 0 radical (unpaired) electrons. The van der Waals surface area contributed by atoms with Crippen LogP contribution in [0.25, 0.3) is 0 Å². The zero-order chi connectivity index (χ0) is 14.5. The second-order valence-corrected chi connectivity index (χ2v) is 8.74. The van der Waals surface area contributed by atoms with E-state index in [0.717, 1.165) is 11.3 Å². The zero-order valence-electron chi connectivity index (χ0n) is 12.9. The lowest BCUT2D eigenvalue weighted by molar-refractivity contribution is 0.765. The summed E-state index contributed by atoms with van der Waals surface area (Å²) in [6.45, 7) is 2.32. The molecule has 1 aliphatic rings. The van der Waals surface area contributed by atoms with E-state index in [-0.39, 0.29) is 7.92 Å². The van der Waals surface area contributed by atoms with Gasteiger partial charge in [0.25, 0.3) is 0 Å². The van der Waals surface area contributed by atoms with Gasteiger partial charge in [0.05, 0.1) is 0 Å². The fourth-order valence-corrected chi connectivity index (χ4v) is 7.39. The van der Waals surface area contributed by atoms with Gasteiger partial charge in [0, 0.05) is 11.3 Å². The third kappa shape index (κ3) is 3.38. The third-order valence-electron chi connectivity index (χ3n) is 4.65. The molecule has 1 aliphatic heterocycles. The molecule has 3 rings (SSSR count). The van der Waals surface area contributed by atoms with Crippen molar-refractivity contribution in [3.05, 3.63) is 71.8 Å². The second kappa shape index (κ2) is 7.23. The van der Waals surface area contributed by atoms with Gasteiger partial charge in [-0.1, -0.05) is 81.9 Å². The largest absolute Gasteiger partial charge is 0.0913 e. The first-order valence-corrected chi connectivity index (χ1v) is 9.92. The predicted octanol–water partition coefficient (Wildman–Crippen LogP) is 6.54. The Bertz CT molecular complexity index is 487. The van der Waals surface area contributed by atoms with Crippen molar-refractivity contribution in [2.45, 2.75) is 43.9 Å². The summed E-state index contributed by atoms with van der Waals surface area (Å²) >= 11 is 0.